The predicted octanol–water partition coefficient (Wildman–Crippen LogP) is 1.90. The van der Waals surface area contributed by atoms with Crippen LogP contribution in [0.5, 0.6) is 0 Å². The third-order valence-corrected chi connectivity index (χ3v) is 12.1. The van der Waals surface area contributed by atoms with E-state index in [2.05, 4.69) is 31.9 Å². The summed E-state index contributed by atoms with van der Waals surface area (Å²) >= 11 is 0. The predicted molar refractivity (Wildman–Crippen MR) is 269 cm³/mol. The third kappa shape index (κ3) is 18.6. The van der Waals surface area contributed by atoms with Gasteiger partial charge in [0.2, 0.25) is 12.2 Å². The van der Waals surface area contributed by atoms with Crippen LogP contribution in [-0.4, -0.2) is 171 Å². The number of ether oxygens (including phenoxy) is 8. The standard InChI is InChI=1S/C49H70N8O21/c1-47(2,3)77-44(63)51-20-19-34(58)40(61)53-32-21-33(55-46(65)78-48(4,5)6)38(35(59)37(32)76-42-36(60)39(50-8)49(7,66)25-73-42)75-41-31(54-45(64)72-24-27-11-15-29(16-12-27)57(69)70)18-17-30(74-41)22-52-43(62)71-23-26-9-13-28(14-10-26)56(67)68/h9-17,31-39,41-42,50,58-60,66H,18-25H2,1-8H3,(H,51,63)(H,52,62)(H,53,61)(H,54,64)(H,55,65)/t31-,32-,33+,34+,35-,36-,37+,38-,39-,41-,42-,49+/m1/s1. The number of amides is 5. The molecule has 2 aromatic rings. The lowest BCUT2D eigenvalue weighted by Crippen LogP contribution is -2.70. The number of nitro benzene ring substituents is 2. The number of alkyl carbamates (subject to hydrolysis) is 4. The Morgan fingerprint density at radius 2 is 1.24 bits per heavy atom. The van der Waals surface area contributed by atoms with Crippen LogP contribution in [0, 0.1) is 20.2 Å². The average Bonchev–Trinajstić information content (AvgIpc) is 3.39. The zero-order valence-electron chi connectivity index (χ0n) is 44.3. The van der Waals surface area contributed by atoms with E-state index in [0.717, 1.165) is 0 Å². The average molecular weight is 1110 g/mol. The summed E-state index contributed by atoms with van der Waals surface area (Å²) in [4.78, 5) is 87.0. The van der Waals surface area contributed by atoms with E-state index >= 15 is 0 Å². The molecule has 12 atom stereocenters. The minimum Gasteiger partial charge on any atom is -0.465 e. The van der Waals surface area contributed by atoms with Gasteiger partial charge < -0.3 is 90.2 Å². The maximum Gasteiger partial charge on any atom is 0.407 e. The number of likely N-dealkylation sites (N-methyl/N-ethyl adjacent to an activating group) is 1. The van der Waals surface area contributed by atoms with Gasteiger partial charge in [-0.15, -0.1) is 0 Å². The first-order chi connectivity index (χ1) is 36.5. The molecule has 2 aliphatic heterocycles. The van der Waals surface area contributed by atoms with Crippen molar-refractivity contribution in [2.45, 2.75) is 165 Å². The van der Waals surface area contributed by atoms with Gasteiger partial charge in [0.15, 0.2) is 6.29 Å². The Morgan fingerprint density at radius 3 is 1.78 bits per heavy atom. The van der Waals surface area contributed by atoms with Gasteiger partial charge in [0.25, 0.3) is 11.4 Å². The minimum absolute atomic E-state index is 0.0449. The summed E-state index contributed by atoms with van der Waals surface area (Å²) in [7, 11) is 1.47. The molecule has 78 heavy (non-hydrogen) atoms. The van der Waals surface area contributed by atoms with Crippen LogP contribution in [-0.2, 0) is 55.9 Å². The SMILES string of the molecule is CN[C@@H]1[C@@H](O)[C@@H](O[C@@H]2[C@@H](O)[C@H](O[C@H]3OC(CNC(=O)OCc4ccc([N+](=O)[O-])cc4)=CC[C@H]3NC(=O)OCc3ccc([N+](=O)[O-])cc3)[C@@H](NC(=O)OC(C)(C)C)C[C@H]2NC(=O)[C@@H](O)CCNC(=O)OC(C)(C)C)OC[C@]1(C)O. The van der Waals surface area contributed by atoms with Crippen molar-refractivity contribution in [3.05, 3.63) is 91.7 Å². The molecule has 5 rings (SSSR count). The molecule has 432 valence electrons. The van der Waals surface area contributed by atoms with Crippen molar-refractivity contribution in [2.75, 3.05) is 26.7 Å². The van der Waals surface area contributed by atoms with E-state index in [1.807, 2.05) is 0 Å². The number of nitro groups is 2. The molecular weight excluding hydrogens is 1040 g/mol. The molecule has 3 aliphatic rings. The fourth-order valence-corrected chi connectivity index (χ4v) is 8.35. The lowest BCUT2D eigenvalue weighted by molar-refractivity contribution is -0.385. The first kappa shape index (κ1) is 61.9. The Bertz CT molecular complexity index is 2430. The van der Waals surface area contributed by atoms with Gasteiger partial charge in [0.1, 0.15) is 66.3 Å². The molecule has 0 unspecified atom stereocenters. The summed E-state index contributed by atoms with van der Waals surface area (Å²) in [6.07, 6.45) is -14.9. The second kappa shape index (κ2) is 27.1. The summed E-state index contributed by atoms with van der Waals surface area (Å²) in [5.74, 6) is -0.965. The highest BCUT2D eigenvalue weighted by Gasteiger charge is 2.53. The van der Waals surface area contributed by atoms with Crippen molar-refractivity contribution in [3.63, 3.8) is 0 Å². The summed E-state index contributed by atoms with van der Waals surface area (Å²) in [6, 6.07) is 5.59. The van der Waals surface area contributed by atoms with Gasteiger partial charge in [-0.25, -0.2) is 19.2 Å². The summed E-state index contributed by atoms with van der Waals surface area (Å²) in [5, 5.41) is 84.0. The second-order valence-electron chi connectivity index (χ2n) is 20.8. The molecule has 0 radical (unpaired) electrons. The lowest BCUT2D eigenvalue weighted by atomic mass is 9.82. The highest BCUT2D eigenvalue weighted by molar-refractivity contribution is 5.81. The molecule has 10 N–H and O–H groups in total. The quantitative estimate of drug-likeness (QED) is 0.0514. The zero-order valence-corrected chi connectivity index (χ0v) is 44.3. The van der Waals surface area contributed by atoms with Crippen LogP contribution < -0.4 is 31.9 Å². The molecule has 1 saturated heterocycles. The lowest BCUT2D eigenvalue weighted by Gasteiger charge is -2.49. The van der Waals surface area contributed by atoms with Crippen molar-refractivity contribution in [1.82, 2.24) is 31.9 Å². The van der Waals surface area contributed by atoms with Crippen LogP contribution in [0.3, 0.4) is 0 Å². The van der Waals surface area contributed by atoms with Crippen LogP contribution in [0.15, 0.2) is 60.4 Å². The number of benzene rings is 2. The topological polar surface area (TPSA) is 399 Å². The monoisotopic (exact) mass is 1110 g/mol. The number of hydrogen-bond donors (Lipinski definition) is 10. The van der Waals surface area contributed by atoms with E-state index in [1.165, 1.54) is 68.6 Å². The largest absolute Gasteiger partial charge is 0.465 e. The maximum absolute atomic E-state index is 13.8. The number of hydrogen-bond acceptors (Lipinski definition) is 22. The summed E-state index contributed by atoms with van der Waals surface area (Å²) in [6.45, 7) is 9.60. The fraction of sp³-hybridized carbons (Fsp3) is 0.612. The zero-order chi connectivity index (χ0) is 57.7. The van der Waals surface area contributed by atoms with Gasteiger partial charge >= 0.3 is 24.4 Å². The number of aliphatic hydroxyl groups is 4. The molecule has 1 saturated carbocycles. The highest BCUT2D eigenvalue weighted by Crippen LogP contribution is 2.34. The van der Waals surface area contributed by atoms with E-state index in [4.69, 9.17) is 37.9 Å². The van der Waals surface area contributed by atoms with Gasteiger partial charge in [-0.2, -0.15) is 0 Å². The smallest absolute Gasteiger partial charge is 0.407 e. The van der Waals surface area contributed by atoms with Crippen LogP contribution in [0.1, 0.15) is 78.9 Å². The molecule has 2 fully saturated rings. The normalized spacial score (nSPS) is 26.5. The van der Waals surface area contributed by atoms with Gasteiger partial charge in [-0.1, -0.05) is 0 Å². The number of aliphatic hydroxyl groups excluding tert-OH is 3. The van der Waals surface area contributed by atoms with E-state index in [0.29, 0.717) is 11.1 Å². The van der Waals surface area contributed by atoms with Crippen LogP contribution in [0.2, 0.25) is 0 Å². The Labute approximate surface area is 448 Å². The third-order valence-electron chi connectivity index (χ3n) is 12.1. The van der Waals surface area contributed by atoms with Crippen LogP contribution in [0.25, 0.3) is 0 Å². The molecule has 29 heteroatoms. The minimum atomic E-state index is -1.96. The van der Waals surface area contributed by atoms with Crippen LogP contribution >= 0.6 is 0 Å². The number of nitrogens with one attached hydrogen (secondary N) is 6. The Kier molecular flexibility index (Phi) is 21.5. The first-order valence-electron chi connectivity index (χ1n) is 24.8. The molecule has 2 heterocycles. The van der Waals surface area contributed by atoms with Crippen molar-refractivity contribution < 1.29 is 92.1 Å². The highest BCUT2D eigenvalue weighted by atomic mass is 16.7. The first-order valence-corrected chi connectivity index (χ1v) is 24.8. The van der Waals surface area contributed by atoms with Crippen molar-refractivity contribution in [3.8, 4) is 0 Å². The number of carbonyl (C=O) groups is 5. The van der Waals surface area contributed by atoms with Crippen molar-refractivity contribution in [2.24, 2.45) is 0 Å². The molecule has 2 aromatic carbocycles. The van der Waals surface area contributed by atoms with E-state index in [-0.39, 0.29) is 69.3 Å². The van der Waals surface area contributed by atoms with E-state index in [1.54, 1.807) is 41.5 Å². The molecule has 1 aliphatic carbocycles. The second-order valence-corrected chi connectivity index (χ2v) is 20.8. The fourth-order valence-electron chi connectivity index (χ4n) is 8.35. The molecular formula is C49H70N8O21. The Morgan fingerprint density at radius 1 is 0.731 bits per heavy atom. The van der Waals surface area contributed by atoms with Gasteiger partial charge in [0.05, 0.1) is 47.2 Å². The molecule has 5 amide bonds. The van der Waals surface area contributed by atoms with Gasteiger partial charge in [-0.05, 0) is 116 Å². The van der Waals surface area contributed by atoms with Crippen molar-refractivity contribution >= 4 is 41.7 Å². The van der Waals surface area contributed by atoms with Crippen molar-refractivity contribution in [1.29, 1.82) is 0 Å². The summed E-state index contributed by atoms with van der Waals surface area (Å²) < 4.78 is 46.3. The van der Waals surface area contributed by atoms with E-state index in [9.17, 15) is 64.6 Å². The van der Waals surface area contributed by atoms with E-state index < -0.39 is 124 Å². The number of rotatable bonds is 20. The molecule has 0 bridgehead atoms. The molecule has 0 aromatic heterocycles. The Balaban J connectivity index is 1.44. The number of non-ortho nitro benzene ring substituents is 2. The van der Waals surface area contributed by atoms with Crippen LogP contribution in [0.4, 0.5) is 30.6 Å². The maximum atomic E-state index is 13.8. The number of nitrogens with zero attached hydrogens (tertiary/aromatic N) is 2. The molecule has 29 nitrogen and oxygen atoms in total. The van der Waals surface area contributed by atoms with Gasteiger partial charge in [-0.3, -0.25) is 25.0 Å². The summed E-state index contributed by atoms with van der Waals surface area (Å²) in [5.41, 5.74) is -3.03. The number of carbonyl (C=O) groups excluding carboxylic acids is 5. The molecule has 0 spiro atoms. The Hall–Kier alpha value is -6.99. The van der Waals surface area contributed by atoms with Gasteiger partial charge in [0, 0.05) is 30.8 Å².